The smallest absolute Gasteiger partial charge is 0.326 e. The third-order valence-corrected chi connectivity index (χ3v) is 4.58. The predicted octanol–water partition coefficient (Wildman–Crippen LogP) is 1.27. The van der Waals surface area contributed by atoms with E-state index in [1.807, 2.05) is 25.1 Å². The van der Waals surface area contributed by atoms with Crippen LogP contribution in [0.25, 0.3) is 0 Å². The number of amides is 1. The van der Waals surface area contributed by atoms with Gasteiger partial charge in [-0.3, -0.25) is 4.79 Å². The SMILES string of the molecule is CC1CCN(C(=O)c2cccc3c2CCNC3)C1C(=O)O. The number of carboxylic acids is 1. The fraction of sp³-hybridized carbons (Fsp3) is 0.500. The highest BCUT2D eigenvalue weighted by Gasteiger charge is 2.40. The van der Waals surface area contributed by atoms with E-state index < -0.39 is 12.0 Å². The van der Waals surface area contributed by atoms with Crippen LogP contribution in [0.3, 0.4) is 0 Å². The molecule has 1 saturated heterocycles. The van der Waals surface area contributed by atoms with Gasteiger partial charge in [-0.05, 0) is 42.5 Å². The maximum atomic E-state index is 12.8. The molecule has 2 atom stereocenters. The number of likely N-dealkylation sites (tertiary alicyclic amines) is 1. The van der Waals surface area contributed by atoms with Crippen molar-refractivity contribution in [2.45, 2.75) is 32.4 Å². The van der Waals surface area contributed by atoms with Gasteiger partial charge in [-0.1, -0.05) is 19.1 Å². The van der Waals surface area contributed by atoms with E-state index in [9.17, 15) is 14.7 Å². The third-order valence-electron chi connectivity index (χ3n) is 4.58. The fourth-order valence-corrected chi connectivity index (χ4v) is 3.44. The highest BCUT2D eigenvalue weighted by Crippen LogP contribution is 2.28. The molecule has 0 saturated carbocycles. The van der Waals surface area contributed by atoms with Crippen molar-refractivity contribution in [3.05, 3.63) is 34.9 Å². The average Bonchev–Trinajstić information content (AvgIpc) is 2.88. The highest BCUT2D eigenvalue weighted by atomic mass is 16.4. The van der Waals surface area contributed by atoms with Crippen molar-refractivity contribution in [2.75, 3.05) is 13.1 Å². The highest BCUT2D eigenvalue weighted by molar-refractivity contribution is 5.98. The zero-order valence-electron chi connectivity index (χ0n) is 12.1. The first-order valence-corrected chi connectivity index (χ1v) is 7.45. The summed E-state index contributed by atoms with van der Waals surface area (Å²) in [6.07, 6.45) is 1.57. The second kappa shape index (κ2) is 5.48. The Kier molecular flexibility index (Phi) is 3.68. The first kappa shape index (κ1) is 14.1. The molecule has 5 heteroatoms. The van der Waals surface area contributed by atoms with Gasteiger partial charge in [0.1, 0.15) is 6.04 Å². The summed E-state index contributed by atoms with van der Waals surface area (Å²) in [5.74, 6) is -1.03. The lowest BCUT2D eigenvalue weighted by Gasteiger charge is -2.26. The van der Waals surface area contributed by atoms with E-state index in [4.69, 9.17) is 0 Å². The lowest BCUT2D eigenvalue weighted by molar-refractivity contribution is -0.142. The predicted molar refractivity (Wildman–Crippen MR) is 78.1 cm³/mol. The summed E-state index contributed by atoms with van der Waals surface area (Å²) in [7, 11) is 0. The van der Waals surface area contributed by atoms with E-state index in [2.05, 4.69) is 5.32 Å². The molecule has 2 aliphatic heterocycles. The van der Waals surface area contributed by atoms with Gasteiger partial charge in [0.05, 0.1) is 0 Å². The summed E-state index contributed by atoms with van der Waals surface area (Å²) in [6.45, 7) is 4.06. The van der Waals surface area contributed by atoms with Crippen LogP contribution in [0.5, 0.6) is 0 Å². The van der Waals surface area contributed by atoms with Crippen molar-refractivity contribution < 1.29 is 14.7 Å². The van der Waals surface area contributed by atoms with E-state index >= 15 is 0 Å². The molecular formula is C16H20N2O3. The first-order valence-electron chi connectivity index (χ1n) is 7.45. The van der Waals surface area contributed by atoms with E-state index in [0.29, 0.717) is 12.1 Å². The Bertz CT molecular complexity index is 585. The van der Waals surface area contributed by atoms with Crippen molar-refractivity contribution in [3.63, 3.8) is 0 Å². The summed E-state index contributed by atoms with van der Waals surface area (Å²) in [6, 6.07) is 5.04. The summed E-state index contributed by atoms with van der Waals surface area (Å²) in [5.41, 5.74) is 2.89. The molecule has 1 aromatic rings. The number of benzene rings is 1. The largest absolute Gasteiger partial charge is 0.480 e. The molecule has 1 fully saturated rings. The number of carboxylic acid groups (broad SMARTS) is 1. The normalized spacial score (nSPS) is 24.7. The molecule has 0 bridgehead atoms. The lowest BCUT2D eigenvalue weighted by atomic mass is 9.94. The molecule has 2 N–H and O–H groups in total. The minimum absolute atomic E-state index is 0.00709. The molecule has 0 radical (unpaired) electrons. The van der Waals surface area contributed by atoms with E-state index in [0.717, 1.165) is 37.1 Å². The number of nitrogens with zero attached hydrogens (tertiary/aromatic N) is 1. The van der Waals surface area contributed by atoms with E-state index in [-0.39, 0.29) is 11.8 Å². The zero-order chi connectivity index (χ0) is 15.0. The molecule has 1 amide bonds. The molecule has 2 heterocycles. The number of carbonyl (C=O) groups excluding carboxylic acids is 1. The van der Waals surface area contributed by atoms with Crippen LogP contribution in [0.1, 0.15) is 34.8 Å². The van der Waals surface area contributed by atoms with Crippen molar-refractivity contribution in [3.8, 4) is 0 Å². The fourth-order valence-electron chi connectivity index (χ4n) is 3.44. The molecule has 3 rings (SSSR count). The molecule has 1 aromatic carbocycles. The number of hydrogen-bond acceptors (Lipinski definition) is 3. The van der Waals surface area contributed by atoms with Crippen LogP contribution in [0.4, 0.5) is 0 Å². The van der Waals surface area contributed by atoms with Gasteiger partial charge in [0.15, 0.2) is 0 Å². The van der Waals surface area contributed by atoms with Crippen molar-refractivity contribution >= 4 is 11.9 Å². The molecule has 21 heavy (non-hydrogen) atoms. The monoisotopic (exact) mass is 288 g/mol. The van der Waals surface area contributed by atoms with Crippen LogP contribution in [0, 0.1) is 5.92 Å². The summed E-state index contributed by atoms with van der Waals surface area (Å²) >= 11 is 0. The van der Waals surface area contributed by atoms with Crippen LogP contribution in [0.15, 0.2) is 18.2 Å². The zero-order valence-corrected chi connectivity index (χ0v) is 12.1. The van der Waals surface area contributed by atoms with Gasteiger partial charge < -0.3 is 15.3 Å². The summed E-state index contributed by atoms with van der Waals surface area (Å²) < 4.78 is 0. The number of aliphatic carboxylic acids is 1. The number of rotatable bonds is 2. The molecule has 0 spiro atoms. The Morgan fingerprint density at radius 2 is 2.19 bits per heavy atom. The Balaban J connectivity index is 1.94. The maximum absolute atomic E-state index is 12.8. The van der Waals surface area contributed by atoms with Gasteiger partial charge in [0.2, 0.25) is 0 Å². The Morgan fingerprint density at radius 3 is 2.95 bits per heavy atom. The molecule has 2 unspecified atom stereocenters. The van der Waals surface area contributed by atoms with Gasteiger partial charge in [0.25, 0.3) is 5.91 Å². The third kappa shape index (κ3) is 2.42. The van der Waals surface area contributed by atoms with Crippen molar-refractivity contribution in [1.29, 1.82) is 0 Å². The molecule has 0 aliphatic carbocycles. The van der Waals surface area contributed by atoms with Gasteiger partial charge in [-0.2, -0.15) is 0 Å². The van der Waals surface area contributed by atoms with Crippen molar-refractivity contribution in [2.24, 2.45) is 5.92 Å². The Hall–Kier alpha value is -1.88. The Morgan fingerprint density at radius 1 is 1.38 bits per heavy atom. The van der Waals surface area contributed by atoms with Crippen LogP contribution in [-0.4, -0.2) is 41.0 Å². The van der Waals surface area contributed by atoms with Gasteiger partial charge >= 0.3 is 5.97 Å². The number of carbonyl (C=O) groups is 2. The number of hydrogen-bond donors (Lipinski definition) is 2. The maximum Gasteiger partial charge on any atom is 0.326 e. The average molecular weight is 288 g/mol. The minimum Gasteiger partial charge on any atom is -0.480 e. The Labute approximate surface area is 123 Å². The topological polar surface area (TPSA) is 69.6 Å². The second-order valence-corrected chi connectivity index (χ2v) is 5.92. The standard InChI is InChI=1S/C16H20N2O3/c1-10-6-8-18(14(10)16(20)21)15(19)13-4-2-3-11-9-17-7-5-12(11)13/h2-4,10,14,17H,5-9H2,1H3,(H,20,21). The van der Waals surface area contributed by atoms with Crippen LogP contribution >= 0.6 is 0 Å². The summed E-state index contributed by atoms with van der Waals surface area (Å²) in [4.78, 5) is 25.8. The van der Waals surface area contributed by atoms with E-state index in [1.54, 1.807) is 0 Å². The number of nitrogens with one attached hydrogen (secondary N) is 1. The number of fused-ring (bicyclic) bond motifs is 1. The van der Waals surface area contributed by atoms with E-state index in [1.165, 1.54) is 4.90 Å². The quantitative estimate of drug-likeness (QED) is 0.860. The van der Waals surface area contributed by atoms with Crippen LogP contribution in [0.2, 0.25) is 0 Å². The molecule has 0 aromatic heterocycles. The minimum atomic E-state index is -0.903. The first-order chi connectivity index (χ1) is 10.1. The summed E-state index contributed by atoms with van der Waals surface area (Å²) in [5, 5.41) is 12.7. The molecule has 112 valence electrons. The van der Waals surface area contributed by atoms with Crippen molar-refractivity contribution in [1.82, 2.24) is 10.2 Å². The molecule has 2 aliphatic rings. The van der Waals surface area contributed by atoms with Gasteiger partial charge in [-0.25, -0.2) is 4.79 Å². The second-order valence-electron chi connectivity index (χ2n) is 5.92. The molecular weight excluding hydrogens is 268 g/mol. The molecule has 5 nitrogen and oxygen atoms in total. The van der Waals surface area contributed by atoms with Gasteiger partial charge in [0, 0.05) is 18.7 Å². The lowest BCUT2D eigenvalue weighted by Crippen LogP contribution is -2.43. The van der Waals surface area contributed by atoms with Crippen LogP contribution < -0.4 is 5.32 Å². The van der Waals surface area contributed by atoms with Crippen LogP contribution in [-0.2, 0) is 17.8 Å². The van der Waals surface area contributed by atoms with Gasteiger partial charge in [-0.15, -0.1) is 0 Å².